The summed E-state index contributed by atoms with van der Waals surface area (Å²) in [5.74, 6) is -0.605. The molecule has 0 saturated heterocycles. The van der Waals surface area contributed by atoms with Crippen molar-refractivity contribution in [1.82, 2.24) is 0 Å². The highest BCUT2D eigenvalue weighted by molar-refractivity contribution is 6.54. The number of nitrogens with one attached hydrogen (secondary N) is 1. The van der Waals surface area contributed by atoms with Gasteiger partial charge in [-0.25, -0.2) is 4.79 Å². The minimum absolute atomic E-state index is 0.143. The van der Waals surface area contributed by atoms with Gasteiger partial charge in [0.25, 0.3) is 5.91 Å². The van der Waals surface area contributed by atoms with Gasteiger partial charge in [0.1, 0.15) is 0 Å². The molecule has 1 aliphatic heterocycles. The first kappa shape index (κ1) is 18.7. The molecule has 6 nitrogen and oxygen atoms in total. The number of alkyl halides is 3. The molecule has 1 aliphatic rings. The quantitative estimate of drug-likeness (QED) is 0.754. The third kappa shape index (κ3) is 3.59. The van der Waals surface area contributed by atoms with Crippen LogP contribution in [-0.2, 0) is 11.0 Å². The summed E-state index contributed by atoms with van der Waals surface area (Å²) in [5, 5.41) is 6.47. The number of nitrogens with two attached hydrogens (primary N) is 1. The average molecular weight is 397 g/mol. The van der Waals surface area contributed by atoms with Crippen LogP contribution in [0.1, 0.15) is 16.7 Å². The second kappa shape index (κ2) is 6.58. The van der Waals surface area contributed by atoms with Gasteiger partial charge in [0.15, 0.2) is 5.71 Å². The van der Waals surface area contributed by atoms with Gasteiger partial charge in [-0.05, 0) is 37.3 Å². The Morgan fingerprint density at radius 3 is 2.56 bits per heavy atom. The standard InChI is InChI=1S/C17H12ClF3N4O2/c1-8-2-5-13-10(6-8)14(15(26)23-13)24-25(16(22)27)9-3-4-12(18)11(7-9)17(19,20)21/h2-7H,1H3,(H2,22,27)(H,23,24,26). The van der Waals surface area contributed by atoms with Gasteiger partial charge in [-0.3, -0.25) is 4.79 Å². The lowest BCUT2D eigenvalue weighted by Crippen LogP contribution is -2.33. The summed E-state index contributed by atoms with van der Waals surface area (Å²) in [4.78, 5) is 24.0. The maximum absolute atomic E-state index is 13.1. The van der Waals surface area contributed by atoms with Gasteiger partial charge in [0, 0.05) is 5.56 Å². The zero-order chi connectivity index (χ0) is 19.9. The summed E-state index contributed by atoms with van der Waals surface area (Å²) < 4.78 is 39.2. The van der Waals surface area contributed by atoms with Gasteiger partial charge < -0.3 is 11.1 Å². The zero-order valence-electron chi connectivity index (χ0n) is 13.8. The van der Waals surface area contributed by atoms with Crippen molar-refractivity contribution < 1.29 is 22.8 Å². The van der Waals surface area contributed by atoms with Gasteiger partial charge in [0.2, 0.25) is 0 Å². The molecule has 3 rings (SSSR count). The van der Waals surface area contributed by atoms with Crippen molar-refractivity contribution in [3.8, 4) is 0 Å². The molecule has 2 aromatic carbocycles. The van der Waals surface area contributed by atoms with Gasteiger partial charge in [0.05, 0.1) is 22.0 Å². The number of aryl methyl sites for hydroxylation is 1. The first-order chi connectivity index (χ1) is 12.6. The Morgan fingerprint density at radius 1 is 1.22 bits per heavy atom. The molecule has 140 valence electrons. The van der Waals surface area contributed by atoms with Crippen molar-refractivity contribution in [2.75, 3.05) is 10.3 Å². The van der Waals surface area contributed by atoms with Crippen LogP contribution in [0.15, 0.2) is 41.5 Å². The fourth-order valence-electron chi connectivity index (χ4n) is 2.56. The van der Waals surface area contributed by atoms with E-state index in [4.69, 9.17) is 17.3 Å². The van der Waals surface area contributed by atoms with Crippen LogP contribution in [0, 0.1) is 6.92 Å². The van der Waals surface area contributed by atoms with E-state index in [2.05, 4.69) is 10.4 Å². The van der Waals surface area contributed by atoms with E-state index < -0.39 is 28.7 Å². The molecule has 0 spiro atoms. The predicted molar refractivity (Wildman–Crippen MR) is 94.9 cm³/mol. The van der Waals surface area contributed by atoms with E-state index in [-0.39, 0.29) is 11.4 Å². The number of carbonyl (C=O) groups is 2. The summed E-state index contributed by atoms with van der Waals surface area (Å²) in [6, 6.07) is 6.69. The second-order valence-corrected chi connectivity index (χ2v) is 6.17. The fourth-order valence-corrected chi connectivity index (χ4v) is 2.79. The number of amides is 3. The van der Waals surface area contributed by atoms with Crippen LogP contribution >= 0.6 is 11.6 Å². The molecule has 0 atom stereocenters. The molecular weight excluding hydrogens is 385 g/mol. The molecule has 0 bridgehead atoms. The molecule has 0 aliphatic carbocycles. The van der Waals surface area contributed by atoms with Crippen LogP contribution in [0.2, 0.25) is 5.02 Å². The molecule has 0 saturated carbocycles. The highest BCUT2D eigenvalue weighted by Crippen LogP contribution is 2.37. The van der Waals surface area contributed by atoms with Crippen LogP contribution in [0.5, 0.6) is 0 Å². The van der Waals surface area contributed by atoms with E-state index >= 15 is 0 Å². The molecule has 0 fully saturated rings. The fraction of sp³-hybridized carbons (Fsp3) is 0.118. The van der Waals surface area contributed by atoms with E-state index in [0.717, 1.165) is 17.7 Å². The lowest BCUT2D eigenvalue weighted by Gasteiger charge is -2.18. The summed E-state index contributed by atoms with van der Waals surface area (Å²) in [6.45, 7) is 1.79. The third-order valence-electron chi connectivity index (χ3n) is 3.80. The van der Waals surface area contributed by atoms with Crippen molar-refractivity contribution in [1.29, 1.82) is 0 Å². The average Bonchev–Trinajstić information content (AvgIpc) is 2.87. The maximum Gasteiger partial charge on any atom is 0.417 e. The number of benzene rings is 2. The second-order valence-electron chi connectivity index (χ2n) is 5.76. The van der Waals surface area contributed by atoms with Crippen LogP contribution < -0.4 is 16.1 Å². The number of hydrogen-bond donors (Lipinski definition) is 2. The Hall–Kier alpha value is -3.07. The molecule has 3 amide bonds. The van der Waals surface area contributed by atoms with E-state index in [1.54, 1.807) is 25.1 Å². The van der Waals surface area contributed by atoms with Crippen molar-refractivity contribution in [2.45, 2.75) is 13.1 Å². The number of rotatable bonds is 2. The molecule has 3 N–H and O–H groups in total. The molecule has 0 aromatic heterocycles. The largest absolute Gasteiger partial charge is 0.417 e. The number of urea groups is 1. The number of nitrogens with zero attached hydrogens (tertiary/aromatic N) is 2. The first-order valence-corrected chi connectivity index (χ1v) is 7.93. The van der Waals surface area contributed by atoms with Gasteiger partial charge >= 0.3 is 12.2 Å². The van der Waals surface area contributed by atoms with Gasteiger partial charge in [-0.2, -0.15) is 23.3 Å². The van der Waals surface area contributed by atoms with Gasteiger partial charge in [-0.1, -0.05) is 23.2 Å². The van der Waals surface area contributed by atoms with Crippen LogP contribution in [0.3, 0.4) is 0 Å². The van der Waals surface area contributed by atoms with Gasteiger partial charge in [-0.15, -0.1) is 0 Å². The van der Waals surface area contributed by atoms with Crippen LogP contribution in [-0.4, -0.2) is 17.6 Å². The Balaban J connectivity index is 2.12. The molecule has 27 heavy (non-hydrogen) atoms. The molecule has 10 heteroatoms. The highest BCUT2D eigenvalue weighted by Gasteiger charge is 2.34. The van der Waals surface area contributed by atoms with E-state index in [1.807, 2.05) is 0 Å². The Morgan fingerprint density at radius 2 is 1.93 bits per heavy atom. The lowest BCUT2D eigenvalue weighted by atomic mass is 10.1. The van der Waals surface area contributed by atoms with Crippen LogP contribution in [0.4, 0.5) is 29.3 Å². The number of hydrogen-bond acceptors (Lipinski definition) is 3. The maximum atomic E-state index is 13.1. The predicted octanol–water partition coefficient (Wildman–Crippen LogP) is 3.91. The van der Waals surface area contributed by atoms with Crippen molar-refractivity contribution in [2.24, 2.45) is 10.8 Å². The Kier molecular flexibility index (Phi) is 4.56. The summed E-state index contributed by atoms with van der Waals surface area (Å²) in [6.07, 6.45) is -4.74. The molecule has 2 aromatic rings. The number of halogens is 4. The monoisotopic (exact) mass is 396 g/mol. The number of carbonyl (C=O) groups excluding carboxylic acids is 2. The van der Waals surface area contributed by atoms with Crippen molar-refractivity contribution in [3.63, 3.8) is 0 Å². The summed E-state index contributed by atoms with van der Waals surface area (Å²) in [5.41, 5.74) is 5.42. The highest BCUT2D eigenvalue weighted by atomic mass is 35.5. The summed E-state index contributed by atoms with van der Waals surface area (Å²) >= 11 is 5.59. The topological polar surface area (TPSA) is 87.8 Å². The number of fused-ring (bicyclic) bond motifs is 1. The minimum Gasteiger partial charge on any atom is -0.350 e. The number of anilines is 2. The van der Waals surface area contributed by atoms with E-state index in [0.29, 0.717) is 22.3 Å². The van der Waals surface area contributed by atoms with Crippen LogP contribution in [0.25, 0.3) is 0 Å². The van der Waals surface area contributed by atoms with E-state index in [1.165, 1.54) is 0 Å². The molecule has 0 radical (unpaired) electrons. The Labute approximate surface area is 156 Å². The number of primary amides is 1. The lowest BCUT2D eigenvalue weighted by molar-refractivity contribution is -0.137. The molecular formula is C17H12ClF3N4O2. The SMILES string of the molecule is Cc1ccc2c(c1)C(=NN(C(N)=O)c1ccc(Cl)c(C(F)(F)F)c1)C(=O)N2. The third-order valence-corrected chi connectivity index (χ3v) is 4.13. The van der Waals surface area contributed by atoms with Crippen molar-refractivity contribution in [3.05, 3.63) is 58.1 Å². The zero-order valence-corrected chi connectivity index (χ0v) is 14.5. The minimum atomic E-state index is -4.74. The normalized spacial score (nSPS) is 14.9. The Bertz CT molecular complexity index is 989. The molecule has 1 heterocycles. The smallest absolute Gasteiger partial charge is 0.350 e. The summed E-state index contributed by atoms with van der Waals surface area (Å²) in [7, 11) is 0. The molecule has 0 unspecified atom stereocenters. The van der Waals surface area contributed by atoms with E-state index in [9.17, 15) is 22.8 Å². The van der Waals surface area contributed by atoms with Crippen molar-refractivity contribution >= 4 is 40.6 Å². The number of hydrazone groups is 1. The first-order valence-electron chi connectivity index (χ1n) is 7.55.